The Balaban J connectivity index is 1.92. The van der Waals surface area contributed by atoms with Gasteiger partial charge in [-0.3, -0.25) is 0 Å². The van der Waals surface area contributed by atoms with E-state index >= 15 is 0 Å². The second-order valence-corrected chi connectivity index (χ2v) is 4.22. The van der Waals surface area contributed by atoms with Gasteiger partial charge >= 0.3 is 0 Å². The first-order valence-electron chi connectivity index (χ1n) is 5.55. The summed E-state index contributed by atoms with van der Waals surface area (Å²) in [5.41, 5.74) is 0. The third kappa shape index (κ3) is 5.27. The van der Waals surface area contributed by atoms with Crippen LogP contribution in [-0.4, -0.2) is 24.4 Å². The van der Waals surface area contributed by atoms with Gasteiger partial charge in [0.05, 0.1) is 6.10 Å². The van der Waals surface area contributed by atoms with Crippen LogP contribution in [0.4, 0.5) is 0 Å². The van der Waals surface area contributed by atoms with Gasteiger partial charge in [0, 0.05) is 13.2 Å². The van der Waals surface area contributed by atoms with E-state index in [1.54, 1.807) is 0 Å². The Morgan fingerprint density at radius 2 is 2.00 bits per heavy atom. The minimum absolute atomic E-state index is 0.216. The van der Waals surface area contributed by atoms with Gasteiger partial charge < -0.3 is 9.84 Å². The van der Waals surface area contributed by atoms with Crippen LogP contribution in [0.25, 0.3) is 0 Å². The average molecular weight is 186 g/mol. The molecule has 0 spiro atoms. The number of rotatable bonds is 5. The molecule has 0 saturated heterocycles. The monoisotopic (exact) mass is 186 g/mol. The first kappa shape index (κ1) is 11.0. The van der Waals surface area contributed by atoms with Crippen LogP contribution >= 0.6 is 0 Å². The second-order valence-electron chi connectivity index (χ2n) is 4.22. The van der Waals surface area contributed by atoms with Crippen molar-refractivity contribution in [3.8, 4) is 0 Å². The molecule has 0 aromatic heterocycles. The predicted molar refractivity (Wildman–Crippen MR) is 53.7 cm³/mol. The highest BCUT2D eigenvalue weighted by atomic mass is 16.5. The molecule has 0 amide bonds. The molecular weight excluding hydrogens is 164 g/mol. The molecule has 1 fully saturated rings. The van der Waals surface area contributed by atoms with Crippen molar-refractivity contribution < 1.29 is 9.84 Å². The van der Waals surface area contributed by atoms with Crippen molar-refractivity contribution in [3.63, 3.8) is 0 Å². The summed E-state index contributed by atoms with van der Waals surface area (Å²) >= 11 is 0. The summed E-state index contributed by atoms with van der Waals surface area (Å²) in [7, 11) is 0. The fourth-order valence-corrected chi connectivity index (χ4v) is 1.86. The van der Waals surface area contributed by atoms with Crippen molar-refractivity contribution in [2.45, 2.75) is 51.6 Å². The van der Waals surface area contributed by atoms with E-state index in [1.165, 1.54) is 32.1 Å². The first-order valence-corrected chi connectivity index (χ1v) is 5.55. The van der Waals surface area contributed by atoms with E-state index in [-0.39, 0.29) is 6.10 Å². The summed E-state index contributed by atoms with van der Waals surface area (Å²) in [6, 6.07) is 0. The van der Waals surface area contributed by atoms with Gasteiger partial charge in [-0.1, -0.05) is 19.3 Å². The van der Waals surface area contributed by atoms with E-state index in [1.807, 2.05) is 6.92 Å². The Labute approximate surface area is 81.3 Å². The molecule has 1 saturated carbocycles. The summed E-state index contributed by atoms with van der Waals surface area (Å²) in [6.45, 7) is 3.44. The van der Waals surface area contributed by atoms with Crippen LogP contribution in [0.3, 0.4) is 0 Å². The van der Waals surface area contributed by atoms with Gasteiger partial charge in [0.25, 0.3) is 0 Å². The van der Waals surface area contributed by atoms with Crippen molar-refractivity contribution in [2.24, 2.45) is 5.92 Å². The van der Waals surface area contributed by atoms with Gasteiger partial charge in [-0.15, -0.1) is 0 Å². The van der Waals surface area contributed by atoms with Gasteiger partial charge in [-0.05, 0) is 32.1 Å². The molecule has 1 unspecified atom stereocenters. The number of hydrogen-bond donors (Lipinski definition) is 1. The maximum atomic E-state index is 9.01. The highest BCUT2D eigenvalue weighted by Crippen LogP contribution is 2.23. The van der Waals surface area contributed by atoms with Crippen LogP contribution in [0.1, 0.15) is 45.4 Å². The Bertz CT molecular complexity index is 117. The lowest BCUT2D eigenvalue weighted by Gasteiger charge is -2.21. The van der Waals surface area contributed by atoms with Crippen LogP contribution < -0.4 is 0 Å². The summed E-state index contributed by atoms with van der Waals surface area (Å²) in [4.78, 5) is 0. The van der Waals surface area contributed by atoms with Crippen molar-refractivity contribution in [2.75, 3.05) is 13.2 Å². The molecule has 0 aliphatic heterocycles. The topological polar surface area (TPSA) is 29.5 Å². The minimum Gasteiger partial charge on any atom is -0.393 e. The van der Waals surface area contributed by atoms with E-state index in [0.29, 0.717) is 6.61 Å². The Morgan fingerprint density at radius 1 is 1.31 bits per heavy atom. The quantitative estimate of drug-likeness (QED) is 0.668. The molecule has 2 nitrogen and oxygen atoms in total. The molecule has 1 aliphatic rings. The molecule has 0 bridgehead atoms. The molecule has 0 radical (unpaired) electrons. The SMILES string of the molecule is CC(O)CCOCC1CCCCC1. The van der Waals surface area contributed by atoms with Crippen LogP contribution in [0.15, 0.2) is 0 Å². The van der Waals surface area contributed by atoms with Crippen LogP contribution in [0.2, 0.25) is 0 Å². The van der Waals surface area contributed by atoms with E-state index in [0.717, 1.165) is 18.9 Å². The lowest BCUT2D eigenvalue weighted by molar-refractivity contribution is 0.0590. The standard InChI is InChI=1S/C11H22O2/c1-10(12)7-8-13-9-11-5-3-2-4-6-11/h10-12H,2-9H2,1H3. The zero-order valence-corrected chi connectivity index (χ0v) is 8.67. The van der Waals surface area contributed by atoms with E-state index in [4.69, 9.17) is 9.84 Å². The zero-order chi connectivity index (χ0) is 9.52. The van der Waals surface area contributed by atoms with Gasteiger partial charge in [-0.2, -0.15) is 0 Å². The van der Waals surface area contributed by atoms with Crippen LogP contribution in [0.5, 0.6) is 0 Å². The lowest BCUT2D eigenvalue weighted by Crippen LogP contribution is -2.15. The molecule has 13 heavy (non-hydrogen) atoms. The maximum Gasteiger partial charge on any atom is 0.0534 e. The van der Waals surface area contributed by atoms with Crippen molar-refractivity contribution >= 4 is 0 Å². The third-order valence-corrected chi connectivity index (χ3v) is 2.76. The number of aliphatic hydroxyl groups excluding tert-OH is 1. The Hall–Kier alpha value is -0.0800. The molecular formula is C11H22O2. The molecule has 1 aliphatic carbocycles. The van der Waals surface area contributed by atoms with Gasteiger partial charge in [-0.25, -0.2) is 0 Å². The van der Waals surface area contributed by atoms with Crippen molar-refractivity contribution in [1.29, 1.82) is 0 Å². The average Bonchev–Trinajstić information content (AvgIpc) is 2.14. The summed E-state index contributed by atoms with van der Waals surface area (Å²) in [6.07, 6.45) is 7.40. The molecule has 1 N–H and O–H groups in total. The van der Waals surface area contributed by atoms with Crippen LogP contribution in [-0.2, 0) is 4.74 Å². The first-order chi connectivity index (χ1) is 6.29. The van der Waals surface area contributed by atoms with Gasteiger partial charge in [0.1, 0.15) is 0 Å². The largest absolute Gasteiger partial charge is 0.393 e. The number of hydrogen-bond acceptors (Lipinski definition) is 2. The van der Waals surface area contributed by atoms with Crippen molar-refractivity contribution in [3.05, 3.63) is 0 Å². The minimum atomic E-state index is -0.216. The smallest absolute Gasteiger partial charge is 0.0534 e. The molecule has 78 valence electrons. The summed E-state index contributed by atoms with van der Waals surface area (Å²) in [5, 5.41) is 9.01. The highest BCUT2D eigenvalue weighted by Gasteiger charge is 2.12. The fourth-order valence-electron chi connectivity index (χ4n) is 1.86. The van der Waals surface area contributed by atoms with Crippen molar-refractivity contribution in [1.82, 2.24) is 0 Å². The summed E-state index contributed by atoms with van der Waals surface area (Å²) < 4.78 is 5.52. The molecule has 0 aromatic rings. The van der Waals surface area contributed by atoms with E-state index in [9.17, 15) is 0 Å². The number of ether oxygens (including phenoxy) is 1. The lowest BCUT2D eigenvalue weighted by atomic mass is 9.90. The molecule has 0 aromatic carbocycles. The Kier molecular flexibility index (Phi) is 5.40. The molecule has 2 heteroatoms. The second kappa shape index (κ2) is 6.39. The van der Waals surface area contributed by atoms with E-state index in [2.05, 4.69) is 0 Å². The predicted octanol–water partition coefficient (Wildman–Crippen LogP) is 2.35. The summed E-state index contributed by atoms with van der Waals surface area (Å²) in [5.74, 6) is 0.794. The zero-order valence-electron chi connectivity index (χ0n) is 8.67. The highest BCUT2D eigenvalue weighted by molar-refractivity contribution is 4.64. The van der Waals surface area contributed by atoms with E-state index < -0.39 is 0 Å². The third-order valence-electron chi connectivity index (χ3n) is 2.76. The van der Waals surface area contributed by atoms with Gasteiger partial charge in [0.15, 0.2) is 0 Å². The van der Waals surface area contributed by atoms with Gasteiger partial charge in [0.2, 0.25) is 0 Å². The fraction of sp³-hybridized carbons (Fsp3) is 1.00. The maximum absolute atomic E-state index is 9.01. The molecule has 1 rings (SSSR count). The molecule has 1 atom stereocenters. The Morgan fingerprint density at radius 3 is 2.62 bits per heavy atom. The normalized spacial score (nSPS) is 21.7. The van der Waals surface area contributed by atoms with Crippen LogP contribution in [0, 0.1) is 5.92 Å². The molecule has 0 heterocycles. The number of aliphatic hydroxyl groups is 1.